The largest absolute Gasteiger partial charge is 0.298 e. The SMILES string of the molecule is O=C1NC(=S)N(c2cccc(Cl)c2)C(=O)C1=Cc1c2ccccc2cc2ccccc12. The fourth-order valence-corrected chi connectivity index (χ4v) is 4.32. The van der Waals surface area contributed by atoms with Crippen LogP contribution in [0.2, 0.25) is 5.02 Å². The van der Waals surface area contributed by atoms with Gasteiger partial charge in [0.15, 0.2) is 5.11 Å². The van der Waals surface area contributed by atoms with Gasteiger partial charge in [0.05, 0.1) is 5.69 Å². The fourth-order valence-electron chi connectivity index (χ4n) is 3.86. The zero-order valence-electron chi connectivity index (χ0n) is 16.1. The number of halogens is 1. The predicted molar refractivity (Wildman–Crippen MR) is 129 cm³/mol. The first-order chi connectivity index (χ1) is 15.0. The van der Waals surface area contributed by atoms with Gasteiger partial charge in [0, 0.05) is 5.02 Å². The van der Waals surface area contributed by atoms with E-state index < -0.39 is 11.8 Å². The summed E-state index contributed by atoms with van der Waals surface area (Å²) in [6.07, 6.45) is 1.65. The maximum absolute atomic E-state index is 13.4. The zero-order valence-corrected chi connectivity index (χ0v) is 17.7. The van der Waals surface area contributed by atoms with Crippen molar-refractivity contribution in [3.8, 4) is 0 Å². The molecule has 0 aromatic heterocycles. The van der Waals surface area contributed by atoms with Crippen LogP contribution in [0, 0.1) is 0 Å². The van der Waals surface area contributed by atoms with Crippen LogP contribution in [0.3, 0.4) is 0 Å². The molecule has 1 fully saturated rings. The molecular formula is C25H15ClN2O2S. The summed E-state index contributed by atoms with van der Waals surface area (Å²) in [5.74, 6) is -1.02. The standard InChI is InChI=1S/C25H15ClN2O2S/c26-17-8-5-9-18(13-17)28-24(30)22(23(29)27-25(28)31)14-21-19-10-3-1-6-15(19)12-16-7-2-4-11-20(16)21/h1-14H,(H,27,29,31). The number of nitrogens with zero attached hydrogens (tertiary/aromatic N) is 1. The van der Waals surface area contributed by atoms with Crippen LogP contribution in [0.1, 0.15) is 5.56 Å². The molecule has 31 heavy (non-hydrogen) atoms. The third-order valence-corrected chi connectivity index (χ3v) is 5.79. The molecule has 1 heterocycles. The van der Waals surface area contributed by atoms with Gasteiger partial charge < -0.3 is 0 Å². The Morgan fingerprint density at radius 2 is 1.48 bits per heavy atom. The van der Waals surface area contributed by atoms with E-state index in [1.165, 1.54) is 4.90 Å². The highest BCUT2D eigenvalue weighted by Gasteiger charge is 2.34. The Morgan fingerprint density at radius 1 is 0.839 bits per heavy atom. The van der Waals surface area contributed by atoms with Crippen LogP contribution < -0.4 is 10.2 Å². The normalized spacial score (nSPS) is 15.7. The summed E-state index contributed by atoms with van der Waals surface area (Å²) in [4.78, 5) is 27.5. The van der Waals surface area contributed by atoms with Gasteiger partial charge in [-0.05, 0) is 69.7 Å². The Kier molecular flexibility index (Phi) is 4.77. The lowest BCUT2D eigenvalue weighted by Crippen LogP contribution is -2.54. The van der Waals surface area contributed by atoms with Gasteiger partial charge in [-0.25, -0.2) is 0 Å². The Labute approximate surface area is 188 Å². The van der Waals surface area contributed by atoms with E-state index >= 15 is 0 Å². The highest BCUT2D eigenvalue weighted by atomic mass is 35.5. The molecule has 2 amide bonds. The Balaban J connectivity index is 1.73. The minimum Gasteiger partial charge on any atom is -0.298 e. The van der Waals surface area contributed by atoms with E-state index in [2.05, 4.69) is 11.4 Å². The van der Waals surface area contributed by atoms with Gasteiger partial charge in [-0.2, -0.15) is 0 Å². The maximum atomic E-state index is 13.4. The molecule has 0 spiro atoms. The Bertz CT molecular complexity index is 1390. The lowest BCUT2D eigenvalue weighted by atomic mass is 9.94. The number of amides is 2. The summed E-state index contributed by atoms with van der Waals surface area (Å²) >= 11 is 11.4. The first kappa shape index (κ1) is 19.4. The quantitative estimate of drug-likeness (QED) is 0.193. The average Bonchev–Trinajstić information content (AvgIpc) is 2.76. The van der Waals surface area contributed by atoms with Crippen LogP contribution in [-0.4, -0.2) is 16.9 Å². The van der Waals surface area contributed by atoms with Crippen molar-refractivity contribution >= 4 is 74.1 Å². The highest BCUT2D eigenvalue weighted by molar-refractivity contribution is 7.80. The number of anilines is 1. The lowest BCUT2D eigenvalue weighted by Gasteiger charge is -2.29. The molecule has 4 aromatic carbocycles. The summed E-state index contributed by atoms with van der Waals surface area (Å²) in [7, 11) is 0. The van der Waals surface area contributed by atoms with Crippen molar-refractivity contribution in [2.75, 3.05) is 4.90 Å². The van der Waals surface area contributed by atoms with Crippen LogP contribution in [0.4, 0.5) is 5.69 Å². The van der Waals surface area contributed by atoms with E-state index in [0.29, 0.717) is 10.7 Å². The second kappa shape index (κ2) is 7.61. The highest BCUT2D eigenvalue weighted by Crippen LogP contribution is 2.32. The zero-order chi connectivity index (χ0) is 21.5. The van der Waals surface area contributed by atoms with E-state index in [1.54, 1.807) is 30.3 Å². The molecule has 6 heteroatoms. The van der Waals surface area contributed by atoms with Crippen LogP contribution in [0.15, 0.2) is 84.4 Å². The number of rotatable bonds is 2. The van der Waals surface area contributed by atoms with E-state index in [0.717, 1.165) is 27.1 Å². The number of thiocarbonyl (C=S) groups is 1. The molecule has 0 atom stereocenters. The van der Waals surface area contributed by atoms with Gasteiger partial charge in [-0.15, -0.1) is 0 Å². The number of fused-ring (bicyclic) bond motifs is 2. The predicted octanol–water partition coefficient (Wildman–Crippen LogP) is 5.48. The van der Waals surface area contributed by atoms with Crippen LogP contribution >= 0.6 is 23.8 Å². The summed E-state index contributed by atoms with van der Waals surface area (Å²) in [6.45, 7) is 0. The van der Waals surface area contributed by atoms with Crippen LogP contribution in [-0.2, 0) is 9.59 Å². The summed E-state index contributed by atoms with van der Waals surface area (Å²) in [6, 6.07) is 24.7. The topological polar surface area (TPSA) is 49.4 Å². The third kappa shape index (κ3) is 3.38. The van der Waals surface area contributed by atoms with E-state index in [-0.39, 0.29) is 10.7 Å². The van der Waals surface area contributed by atoms with Crippen LogP contribution in [0.5, 0.6) is 0 Å². The number of benzene rings is 4. The van der Waals surface area contributed by atoms with Crippen molar-refractivity contribution in [3.05, 3.63) is 95.0 Å². The second-order valence-corrected chi connectivity index (χ2v) is 7.99. The van der Waals surface area contributed by atoms with Crippen molar-refractivity contribution in [1.29, 1.82) is 0 Å². The van der Waals surface area contributed by atoms with Crippen molar-refractivity contribution in [2.24, 2.45) is 0 Å². The van der Waals surface area contributed by atoms with Crippen LogP contribution in [0.25, 0.3) is 27.6 Å². The molecule has 0 bridgehead atoms. The first-order valence-corrected chi connectivity index (χ1v) is 10.4. The van der Waals surface area contributed by atoms with Gasteiger partial charge in [-0.1, -0.05) is 66.2 Å². The molecule has 0 aliphatic carbocycles. The lowest BCUT2D eigenvalue weighted by molar-refractivity contribution is -0.122. The van der Waals surface area contributed by atoms with Gasteiger partial charge in [0.25, 0.3) is 11.8 Å². The van der Waals surface area contributed by atoms with Gasteiger partial charge in [0.2, 0.25) is 0 Å². The number of nitrogens with one attached hydrogen (secondary N) is 1. The monoisotopic (exact) mass is 442 g/mol. The van der Waals surface area contributed by atoms with Crippen molar-refractivity contribution in [1.82, 2.24) is 5.32 Å². The number of hydrogen-bond donors (Lipinski definition) is 1. The minimum absolute atomic E-state index is 0.00933. The van der Waals surface area contributed by atoms with Gasteiger partial charge in [0.1, 0.15) is 5.57 Å². The van der Waals surface area contributed by atoms with E-state index in [4.69, 9.17) is 23.8 Å². The second-order valence-electron chi connectivity index (χ2n) is 7.17. The Hall–Kier alpha value is -3.54. The molecule has 150 valence electrons. The van der Waals surface area contributed by atoms with Gasteiger partial charge in [-0.3, -0.25) is 19.8 Å². The van der Waals surface area contributed by atoms with Crippen molar-refractivity contribution in [2.45, 2.75) is 0 Å². The van der Waals surface area contributed by atoms with Crippen molar-refractivity contribution in [3.63, 3.8) is 0 Å². The average molecular weight is 443 g/mol. The summed E-state index contributed by atoms with van der Waals surface area (Å²) in [5.41, 5.74) is 1.32. The fraction of sp³-hybridized carbons (Fsp3) is 0. The first-order valence-electron chi connectivity index (χ1n) is 9.60. The smallest absolute Gasteiger partial charge is 0.270 e. The number of carbonyl (C=O) groups is 2. The Morgan fingerprint density at radius 3 is 2.13 bits per heavy atom. The molecule has 1 aliphatic heterocycles. The molecule has 1 N–H and O–H groups in total. The molecule has 4 aromatic rings. The van der Waals surface area contributed by atoms with Crippen molar-refractivity contribution < 1.29 is 9.59 Å². The number of hydrogen-bond acceptors (Lipinski definition) is 3. The molecule has 0 saturated carbocycles. The van der Waals surface area contributed by atoms with Gasteiger partial charge >= 0.3 is 0 Å². The summed E-state index contributed by atoms with van der Waals surface area (Å²) in [5, 5.41) is 7.09. The molecule has 4 nitrogen and oxygen atoms in total. The maximum Gasteiger partial charge on any atom is 0.270 e. The molecule has 1 aliphatic rings. The van der Waals surface area contributed by atoms with E-state index in [1.807, 2.05) is 48.5 Å². The molecule has 5 rings (SSSR count). The molecular weight excluding hydrogens is 428 g/mol. The molecule has 1 saturated heterocycles. The number of carbonyl (C=O) groups excluding carboxylic acids is 2. The summed E-state index contributed by atoms with van der Waals surface area (Å²) < 4.78 is 0. The molecule has 0 radical (unpaired) electrons. The van der Waals surface area contributed by atoms with E-state index in [9.17, 15) is 9.59 Å². The third-order valence-electron chi connectivity index (χ3n) is 5.27. The minimum atomic E-state index is -0.523. The molecule has 0 unspecified atom stereocenters.